The smallest absolute Gasteiger partial charge is 0.534 e. The fourth-order valence-electron chi connectivity index (χ4n) is 3.63. The third kappa shape index (κ3) is 3.78. The van der Waals surface area contributed by atoms with Gasteiger partial charge in [0, 0.05) is 18.5 Å². The van der Waals surface area contributed by atoms with E-state index in [0.717, 1.165) is 0 Å². The molecule has 1 fully saturated rings. The van der Waals surface area contributed by atoms with Crippen molar-refractivity contribution >= 4 is 19.0 Å². The largest absolute Gasteiger partial charge is 0.547 e. The van der Waals surface area contributed by atoms with Crippen LogP contribution in [0.1, 0.15) is 35.2 Å². The van der Waals surface area contributed by atoms with Gasteiger partial charge in [0.2, 0.25) is 5.91 Å². The van der Waals surface area contributed by atoms with Gasteiger partial charge in [-0.1, -0.05) is 12.1 Å². The molecule has 0 aromatic heterocycles. The highest BCUT2D eigenvalue weighted by atomic mass is 16.5. The third-order valence-electron chi connectivity index (χ3n) is 4.93. The Balaban J connectivity index is 1.63. The van der Waals surface area contributed by atoms with Gasteiger partial charge in [-0.3, -0.25) is 4.79 Å². The van der Waals surface area contributed by atoms with Crippen LogP contribution in [0.2, 0.25) is 0 Å². The maximum absolute atomic E-state index is 12.3. The summed E-state index contributed by atoms with van der Waals surface area (Å²) in [7, 11) is -1.30. The Labute approximate surface area is 145 Å². The van der Waals surface area contributed by atoms with Gasteiger partial charge in [-0.15, -0.1) is 0 Å². The van der Waals surface area contributed by atoms with E-state index in [2.05, 4.69) is 5.32 Å². The molecule has 1 aromatic carbocycles. The molecule has 134 valence electrons. The molecule has 1 amide bonds. The first-order valence-electron chi connectivity index (χ1n) is 8.35. The molecule has 1 saturated carbocycles. The molecule has 9 heteroatoms. The number of nitrogens with one attached hydrogen (secondary N) is 1. The van der Waals surface area contributed by atoms with E-state index in [1.165, 1.54) is 6.07 Å². The van der Waals surface area contributed by atoms with Crippen molar-refractivity contribution in [2.75, 3.05) is 0 Å². The van der Waals surface area contributed by atoms with Crippen LogP contribution in [-0.2, 0) is 11.2 Å². The second kappa shape index (κ2) is 7.03. The molecule has 0 saturated heterocycles. The van der Waals surface area contributed by atoms with Crippen LogP contribution in [-0.4, -0.2) is 47.2 Å². The van der Waals surface area contributed by atoms with E-state index in [1.807, 2.05) is 0 Å². The Morgan fingerprint density at radius 1 is 1.28 bits per heavy atom. The molecule has 0 unspecified atom stereocenters. The van der Waals surface area contributed by atoms with Gasteiger partial charge in [0.1, 0.15) is 5.75 Å². The number of fused-ring (bicyclic) bond motifs is 1. The highest BCUT2D eigenvalue weighted by molar-refractivity contribution is 6.47. The van der Waals surface area contributed by atoms with Crippen molar-refractivity contribution in [1.82, 2.24) is 5.32 Å². The number of carbonyl (C=O) groups excluding carboxylic acids is 1. The van der Waals surface area contributed by atoms with Gasteiger partial charge < -0.3 is 31.6 Å². The summed E-state index contributed by atoms with van der Waals surface area (Å²) >= 11 is 0. The Morgan fingerprint density at radius 3 is 2.60 bits per heavy atom. The molecule has 1 aliphatic heterocycles. The van der Waals surface area contributed by atoms with Crippen molar-refractivity contribution in [2.45, 2.75) is 43.7 Å². The summed E-state index contributed by atoms with van der Waals surface area (Å²) in [6.07, 6.45) is 2.02. The van der Waals surface area contributed by atoms with E-state index in [0.29, 0.717) is 31.2 Å². The zero-order valence-corrected chi connectivity index (χ0v) is 13.7. The zero-order chi connectivity index (χ0) is 18.1. The van der Waals surface area contributed by atoms with Crippen molar-refractivity contribution < 1.29 is 24.4 Å². The van der Waals surface area contributed by atoms with Crippen molar-refractivity contribution in [3.05, 3.63) is 29.3 Å². The number of carboxylic acid groups (broad SMARTS) is 1. The number of amides is 1. The predicted octanol–water partition coefficient (Wildman–Crippen LogP) is -0.721. The Kier molecular flexibility index (Phi) is 4.98. The fraction of sp³-hybridized carbons (Fsp3) is 0.500. The first-order chi connectivity index (χ1) is 11.8. The second-order valence-electron chi connectivity index (χ2n) is 6.85. The number of carbonyl (C=O) groups is 2. The van der Waals surface area contributed by atoms with Crippen LogP contribution in [0, 0.1) is 5.92 Å². The van der Waals surface area contributed by atoms with Gasteiger partial charge in [0.05, 0.1) is 11.5 Å². The maximum atomic E-state index is 12.3. The number of para-hydroxylation sites is 1. The highest BCUT2D eigenvalue weighted by Crippen LogP contribution is 2.30. The van der Waals surface area contributed by atoms with Crippen LogP contribution in [0.25, 0.3) is 0 Å². The van der Waals surface area contributed by atoms with Crippen LogP contribution < -0.4 is 21.4 Å². The standard InChI is InChI=1S/C16H22BN3O5/c18-11-4-8(5-12(11)19)6-14(21)20-13-7-9-2-1-3-10(16(22)23)15(9)25-17(13)24/h1-3,8,11-13,24H,4-7,18-19H2,(H,20,21)(H,22,23)/t11-,12-,13-/m0/s1. The quantitative estimate of drug-likeness (QED) is 0.451. The first-order valence-corrected chi connectivity index (χ1v) is 8.35. The summed E-state index contributed by atoms with van der Waals surface area (Å²) in [5.74, 6) is -1.66. The van der Waals surface area contributed by atoms with Gasteiger partial charge >= 0.3 is 13.1 Å². The number of carboxylic acids is 1. The maximum Gasteiger partial charge on any atom is 0.547 e. The Morgan fingerprint density at radius 2 is 1.96 bits per heavy atom. The average Bonchev–Trinajstić information content (AvgIpc) is 2.85. The van der Waals surface area contributed by atoms with Gasteiger partial charge in [-0.05, 0) is 36.8 Å². The normalized spacial score (nSPS) is 26.0. The van der Waals surface area contributed by atoms with E-state index in [1.54, 1.807) is 12.1 Å². The average molecular weight is 347 g/mol. The Hall–Kier alpha value is -2.10. The molecule has 7 N–H and O–H groups in total. The van der Waals surface area contributed by atoms with Crippen molar-refractivity contribution in [3.63, 3.8) is 0 Å². The molecule has 8 nitrogen and oxygen atoms in total. The van der Waals surface area contributed by atoms with E-state index >= 15 is 0 Å². The number of rotatable bonds is 4. The molecule has 1 aliphatic carbocycles. The predicted molar refractivity (Wildman–Crippen MR) is 90.9 cm³/mol. The number of benzene rings is 1. The number of hydrogen-bond donors (Lipinski definition) is 5. The Bertz CT molecular complexity index is 676. The SMILES string of the molecule is N[C@H]1CC(CC(=O)N[C@H]2Cc3cccc(C(=O)O)c3OB2O)C[C@@H]1N. The summed E-state index contributed by atoms with van der Waals surface area (Å²) < 4.78 is 5.36. The summed E-state index contributed by atoms with van der Waals surface area (Å²) in [5.41, 5.74) is 12.4. The molecule has 3 rings (SSSR count). The van der Waals surface area contributed by atoms with E-state index in [-0.39, 0.29) is 35.2 Å². The summed E-state index contributed by atoms with van der Waals surface area (Å²) in [6, 6.07) is 4.59. The molecule has 0 spiro atoms. The van der Waals surface area contributed by atoms with E-state index in [9.17, 15) is 19.7 Å². The van der Waals surface area contributed by atoms with Crippen molar-refractivity contribution in [3.8, 4) is 5.75 Å². The van der Waals surface area contributed by atoms with Crippen LogP contribution >= 0.6 is 0 Å². The summed E-state index contributed by atoms with van der Waals surface area (Å²) in [4.78, 5) is 23.5. The van der Waals surface area contributed by atoms with Gasteiger partial charge in [-0.2, -0.15) is 0 Å². The lowest BCUT2D eigenvalue weighted by Crippen LogP contribution is -2.53. The first kappa shape index (κ1) is 17.7. The van der Waals surface area contributed by atoms with Crippen molar-refractivity contribution in [2.24, 2.45) is 17.4 Å². The third-order valence-corrected chi connectivity index (χ3v) is 4.93. The van der Waals surface area contributed by atoms with Crippen LogP contribution in [0.3, 0.4) is 0 Å². The number of aromatic carboxylic acids is 1. The van der Waals surface area contributed by atoms with Gasteiger partial charge in [-0.25, -0.2) is 4.79 Å². The van der Waals surface area contributed by atoms with Crippen molar-refractivity contribution in [1.29, 1.82) is 0 Å². The monoisotopic (exact) mass is 347 g/mol. The van der Waals surface area contributed by atoms with Crippen LogP contribution in [0.15, 0.2) is 18.2 Å². The number of hydrogen-bond acceptors (Lipinski definition) is 6. The molecule has 0 bridgehead atoms. The molecule has 1 aromatic rings. The molecular weight excluding hydrogens is 325 g/mol. The summed E-state index contributed by atoms with van der Waals surface area (Å²) in [5, 5.41) is 22.1. The molecule has 3 atom stereocenters. The number of nitrogens with two attached hydrogens (primary N) is 2. The lowest BCUT2D eigenvalue weighted by atomic mass is 9.72. The van der Waals surface area contributed by atoms with Gasteiger partial charge in [0.15, 0.2) is 0 Å². The molecule has 2 aliphatic rings. The van der Waals surface area contributed by atoms with E-state index < -0.39 is 19.0 Å². The van der Waals surface area contributed by atoms with Crippen LogP contribution in [0.4, 0.5) is 0 Å². The minimum Gasteiger partial charge on any atom is -0.534 e. The topological polar surface area (TPSA) is 148 Å². The molecule has 1 heterocycles. The highest BCUT2D eigenvalue weighted by Gasteiger charge is 2.38. The minimum atomic E-state index is -1.30. The summed E-state index contributed by atoms with van der Waals surface area (Å²) in [6.45, 7) is 0. The van der Waals surface area contributed by atoms with Gasteiger partial charge in [0.25, 0.3) is 0 Å². The lowest BCUT2D eigenvalue weighted by Gasteiger charge is -2.29. The van der Waals surface area contributed by atoms with Crippen LogP contribution in [0.5, 0.6) is 5.75 Å². The van der Waals surface area contributed by atoms with E-state index in [4.69, 9.17) is 16.1 Å². The molecular formula is C16H22BN3O5. The molecule has 25 heavy (non-hydrogen) atoms. The second-order valence-corrected chi connectivity index (χ2v) is 6.85. The zero-order valence-electron chi connectivity index (χ0n) is 13.7. The molecule has 0 radical (unpaired) electrons. The minimum absolute atomic E-state index is 0.00439. The lowest BCUT2D eigenvalue weighted by molar-refractivity contribution is -0.122. The fourth-order valence-corrected chi connectivity index (χ4v) is 3.63.